The molecule has 0 aliphatic heterocycles. The van der Waals surface area contributed by atoms with E-state index in [1.54, 1.807) is 0 Å². The summed E-state index contributed by atoms with van der Waals surface area (Å²) < 4.78 is 23.6. The third-order valence-corrected chi connectivity index (χ3v) is 7.10. The summed E-state index contributed by atoms with van der Waals surface area (Å²) in [5.74, 6) is 2.06. The van der Waals surface area contributed by atoms with E-state index in [1.807, 2.05) is 0 Å². The number of sulfone groups is 1. The van der Waals surface area contributed by atoms with Gasteiger partial charge in [-0.3, -0.25) is 0 Å². The van der Waals surface area contributed by atoms with Gasteiger partial charge in [0.25, 0.3) is 0 Å². The predicted molar refractivity (Wildman–Crippen MR) is 79.9 cm³/mol. The summed E-state index contributed by atoms with van der Waals surface area (Å²) >= 11 is 0. The fourth-order valence-corrected chi connectivity index (χ4v) is 5.56. The summed E-state index contributed by atoms with van der Waals surface area (Å²) in [5, 5.41) is 3.51. The maximum Gasteiger partial charge on any atom is 0.150 e. The van der Waals surface area contributed by atoms with Crippen molar-refractivity contribution in [3.05, 3.63) is 0 Å². The number of hydrogen-bond acceptors (Lipinski definition) is 3. The van der Waals surface area contributed by atoms with Crippen molar-refractivity contribution in [2.45, 2.75) is 63.7 Å². The molecule has 2 rings (SSSR count). The Morgan fingerprint density at radius 3 is 2.53 bits per heavy atom. The molecular formula is C15H29NO2S. The standard InChI is InChI=1S/C15H29NO2S/c1-4-16-15-9-8-14(11(15)2)12-6-5-7-13(10-12)19(3,17)18/h11-16H,4-10H2,1-3H3. The van der Waals surface area contributed by atoms with E-state index in [2.05, 4.69) is 19.2 Å². The molecule has 0 saturated heterocycles. The van der Waals surface area contributed by atoms with Crippen LogP contribution < -0.4 is 5.32 Å². The van der Waals surface area contributed by atoms with Crippen LogP contribution in [0.4, 0.5) is 0 Å². The third kappa shape index (κ3) is 3.52. The summed E-state index contributed by atoms with van der Waals surface area (Å²) in [6.07, 6.45) is 8.08. The molecule has 1 N–H and O–H groups in total. The van der Waals surface area contributed by atoms with E-state index < -0.39 is 9.84 Å². The van der Waals surface area contributed by atoms with Gasteiger partial charge in [0.2, 0.25) is 0 Å². The Balaban J connectivity index is 1.99. The molecule has 0 radical (unpaired) electrons. The molecule has 2 fully saturated rings. The van der Waals surface area contributed by atoms with Crippen LogP contribution in [0, 0.1) is 17.8 Å². The first-order valence-corrected chi connectivity index (χ1v) is 9.81. The minimum atomic E-state index is -2.85. The van der Waals surface area contributed by atoms with E-state index in [4.69, 9.17) is 0 Å². The molecule has 2 aliphatic carbocycles. The smallest absolute Gasteiger partial charge is 0.150 e. The number of hydrogen-bond donors (Lipinski definition) is 1. The highest BCUT2D eigenvalue weighted by Gasteiger charge is 2.40. The van der Waals surface area contributed by atoms with Crippen LogP contribution in [-0.4, -0.2) is 32.5 Å². The molecule has 2 aliphatic rings. The van der Waals surface area contributed by atoms with Crippen molar-refractivity contribution in [1.29, 1.82) is 0 Å². The van der Waals surface area contributed by atoms with E-state index in [1.165, 1.54) is 25.5 Å². The maximum absolute atomic E-state index is 11.8. The van der Waals surface area contributed by atoms with Crippen LogP contribution in [0.1, 0.15) is 52.4 Å². The van der Waals surface area contributed by atoms with E-state index >= 15 is 0 Å². The average molecular weight is 287 g/mol. The van der Waals surface area contributed by atoms with Crippen molar-refractivity contribution in [1.82, 2.24) is 5.32 Å². The van der Waals surface area contributed by atoms with Crippen LogP contribution in [0.3, 0.4) is 0 Å². The lowest BCUT2D eigenvalue weighted by Gasteiger charge is -2.35. The van der Waals surface area contributed by atoms with Gasteiger partial charge in [0.15, 0.2) is 0 Å². The first kappa shape index (κ1) is 15.3. The quantitative estimate of drug-likeness (QED) is 0.864. The molecule has 0 bridgehead atoms. The Hall–Kier alpha value is -0.0900. The van der Waals surface area contributed by atoms with Crippen molar-refractivity contribution >= 4 is 9.84 Å². The maximum atomic E-state index is 11.8. The van der Waals surface area contributed by atoms with Crippen LogP contribution in [0.2, 0.25) is 0 Å². The molecule has 0 amide bonds. The summed E-state index contributed by atoms with van der Waals surface area (Å²) in [5.41, 5.74) is 0. The molecule has 2 saturated carbocycles. The van der Waals surface area contributed by atoms with Crippen LogP contribution in [0.15, 0.2) is 0 Å². The van der Waals surface area contributed by atoms with Gasteiger partial charge in [-0.2, -0.15) is 0 Å². The first-order chi connectivity index (χ1) is 8.93. The van der Waals surface area contributed by atoms with Crippen LogP contribution >= 0.6 is 0 Å². The second-order valence-corrected chi connectivity index (χ2v) is 8.97. The molecule has 0 heterocycles. The Kier molecular flexibility index (Phi) is 4.93. The van der Waals surface area contributed by atoms with E-state index in [0.29, 0.717) is 17.9 Å². The van der Waals surface area contributed by atoms with Crippen molar-refractivity contribution in [2.24, 2.45) is 17.8 Å². The van der Waals surface area contributed by atoms with Gasteiger partial charge in [0.1, 0.15) is 9.84 Å². The SMILES string of the molecule is CCNC1CCC(C2CCCC(S(C)(=O)=O)C2)C1C. The van der Waals surface area contributed by atoms with Gasteiger partial charge in [-0.1, -0.05) is 26.7 Å². The Bertz CT molecular complexity index is 393. The highest BCUT2D eigenvalue weighted by Crippen LogP contribution is 2.43. The largest absolute Gasteiger partial charge is 0.314 e. The molecule has 112 valence electrons. The zero-order chi connectivity index (χ0) is 14.0. The van der Waals surface area contributed by atoms with Crippen LogP contribution in [-0.2, 0) is 9.84 Å². The zero-order valence-electron chi connectivity index (χ0n) is 12.6. The summed E-state index contributed by atoms with van der Waals surface area (Å²) in [4.78, 5) is 0. The van der Waals surface area contributed by atoms with E-state index in [9.17, 15) is 8.42 Å². The number of nitrogens with one attached hydrogen (secondary N) is 1. The molecule has 3 nitrogen and oxygen atoms in total. The highest BCUT2D eigenvalue weighted by atomic mass is 32.2. The first-order valence-electron chi connectivity index (χ1n) is 7.85. The van der Waals surface area contributed by atoms with Gasteiger partial charge in [-0.15, -0.1) is 0 Å². The lowest BCUT2D eigenvalue weighted by Crippen LogP contribution is -2.36. The van der Waals surface area contributed by atoms with E-state index in [0.717, 1.165) is 31.7 Å². The minimum absolute atomic E-state index is 0.0726. The normalized spacial score (nSPS) is 40.5. The molecule has 4 heteroatoms. The van der Waals surface area contributed by atoms with Crippen molar-refractivity contribution in [3.8, 4) is 0 Å². The van der Waals surface area contributed by atoms with Gasteiger partial charge in [-0.05, 0) is 50.0 Å². The van der Waals surface area contributed by atoms with Crippen molar-refractivity contribution in [2.75, 3.05) is 12.8 Å². The highest BCUT2D eigenvalue weighted by molar-refractivity contribution is 7.91. The van der Waals surface area contributed by atoms with Gasteiger partial charge in [-0.25, -0.2) is 8.42 Å². The molecular weight excluding hydrogens is 258 g/mol. The minimum Gasteiger partial charge on any atom is -0.314 e. The molecule has 5 unspecified atom stereocenters. The van der Waals surface area contributed by atoms with Gasteiger partial charge >= 0.3 is 0 Å². The summed E-state index contributed by atoms with van der Waals surface area (Å²) in [7, 11) is -2.85. The molecule has 0 aromatic heterocycles. The third-order valence-electron chi connectivity index (χ3n) is 5.46. The number of rotatable bonds is 4. The lowest BCUT2D eigenvalue weighted by molar-refractivity contribution is 0.201. The fourth-order valence-electron chi connectivity index (χ4n) is 4.37. The van der Waals surface area contributed by atoms with Crippen LogP contribution in [0.25, 0.3) is 0 Å². The van der Waals surface area contributed by atoms with Gasteiger partial charge in [0.05, 0.1) is 5.25 Å². The van der Waals surface area contributed by atoms with Gasteiger partial charge < -0.3 is 5.32 Å². The molecule has 0 aromatic carbocycles. The summed E-state index contributed by atoms with van der Waals surface area (Å²) in [6, 6.07) is 0.647. The Morgan fingerprint density at radius 1 is 1.16 bits per heavy atom. The fraction of sp³-hybridized carbons (Fsp3) is 1.00. The lowest BCUT2D eigenvalue weighted by atomic mass is 9.75. The molecule has 19 heavy (non-hydrogen) atoms. The molecule has 0 spiro atoms. The van der Waals surface area contributed by atoms with Crippen molar-refractivity contribution < 1.29 is 8.42 Å². The molecule has 0 aromatic rings. The topological polar surface area (TPSA) is 46.2 Å². The summed E-state index contributed by atoms with van der Waals surface area (Å²) in [6.45, 7) is 5.56. The second kappa shape index (κ2) is 6.13. The molecule has 5 atom stereocenters. The van der Waals surface area contributed by atoms with Crippen LogP contribution in [0.5, 0.6) is 0 Å². The monoisotopic (exact) mass is 287 g/mol. The van der Waals surface area contributed by atoms with E-state index in [-0.39, 0.29) is 5.25 Å². The van der Waals surface area contributed by atoms with Crippen molar-refractivity contribution in [3.63, 3.8) is 0 Å². The second-order valence-electron chi connectivity index (χ2n) is 6.64. The Morgan fingerprint density at radius 2 is 1.89 bits per heavy atom. The Labute approximate surface area is 118 Å². The zero-order valence-corrected chi connectivity index (χ0v) is 13.4. The average Bonchev–Trinajstić information content (AvgIpc) is 2.71. The van der Waals surface area contributed by atoms with Gasteiger partial charge in [0, 0.05) is 12.3 Å². The predicted octanol–water partition coefficient (Wildman–Crippen LogP) is 2.61.